The van der Waals surface area contributed by atoms with Crippen LogP contribution in [0, 0.1) is 6.92 Å². The van der Waals surface area contributed by atoms with E-state index in [1.165, 1.54) is 15.7 Å². The van der Waals surface area contributed by atoms with Crippen molar-refractivity contribution in [2.45, 2.75) is 18.5 Å². The largest absolute Gasteiger partial charge is 0.279 e. The summed E-state index contributed by atoms with van der Waals surface area (Å²) in [5.41, 5.74) is 1.97. The van der Waals surface area contributed by atoms with Crippen LogP contribution in [0.4, 0.5) is 0 Å². The number of nitrogens with zero attached hydrogens (tertiary/aromatic N) is 2. The summed E-state index contributed by atoms with van der Waals surface area (Å²) in [5.74, 6) is 0. The molecule has 3 rings (SSSR count). The molecule has 0 bridgehead atoms. The molecule has 0 fully saturated rings. The number of nitrogens with one attached hydrogen (secondary N) is 1. The third kappa shape index (κ3) is 2.82. The summed E-state index contributed by atoms with van der Waals surface area (Å²) in [6.45, 7) is 2.17. The Hall–Kier alpha value is -1.41. The molecule has 5 nitrogen and oxygen atoms in total. The molecule has 0 aliphatic rings. The van der Waals surface area contributed by atoms with E-state index < -0.39 is 10.0 Å². The average Bonchev–Trinajstić information content (AvgIpc) is 2.96. The van der Waals surface area contributed by atoms with Crippen LogP contribution >= 0.6 is 22.9 Å². The third-order valence-electron chi connectivity index (χ3n) is 2.98. The van der Waals surface area contributed by atoms with E-state index in [0.29, 0.717) is 4.96 Å². The van der Waals surface area contributed by atoms with Crippen LogP contribution in [0.15, 0.2) is 40.9 Å². The van der Waals surface area contributed by atoms with E-state index in [4.69, 9.17) is 11.6 Å². The molecule has 0 aliphatic carbocycles. The number of benzene rings is 1. The van der Waals surface area contributed by atoms with Crippen LogP contribution in [0.3, 0.4) is 0 Å². The molecule has 0 radical (unpaired) electrons. The number of hydrogen-bond acceptors (Lipinski definition) is 4. The van der Waals surface area contributed by atoms with Gasteiger partial charge in [0.15, 0.2) is 15.1 Å². The molecule has 21 heavy (non-hydrogen) atoms. The zero-order valence-corrected chi connectivity index (χ0v) is 13.5. The molecule has 0 spiro atoms. The van der Waals surface area contributed by atoms with Crippen LogP contribution in [0.2, 0.25) is 5.15 Å². The van der Waals surface area contributed by atoms with Crippen molar-refractivity contribution < 1.29 is 8.42 Å². The molecule has 0 saturated carbocycles. The normalized spacial score (nSPS) is 12.1. The zero-order valence-electron chi connectivity index (χ0n) is 11.1. The first kappa shape index (κ1) is 14.5. The van der Waals surface area contributed by atoms with E-state index in [0.717, 1.165) is 11.1 Å². The fraction of sp³-hybridized carbons (Fsp3) is 0.154. The quantitative estimate of drug-likeness (QED) is 0.793. The van der Waals surface area contributed by atoms with Gasteiger partial charge in [-0.1, -0.05) is 41.4 Å². The number of rotatable bonds is 4. The Morgan fingerprint density at radius 1 is 1.43 bits per heavy atom. The maximum atomic E-state index is 12.4. The Kier molecular flexibility index (Phi) is 3.75. The molecule has 8 heteroatoms. The number of thiazole rings is 1. The van der Waals surface area contributed by atoms with Gasteiger partial charge in [0.2, 0.25) is 0 Å². The molecular formula is C13H12ClN3O2S2. The maximum absolute atomic E-state index is 12.4. The van der Waals surface area contributed by atoms with Crippen LogP contribution in [-0.2, 0) is 16.6 Å². The van der Waals surface area contributed by atoms with Gasteiger partial charge in [0, 0.05) is 18.1 Å². The van der Waals surface area contributed by atoms with Crippen LogP contribution in [0.1, 0.15) is 11.1 Å². The number of hydrogen-bond donors (Lipinski definition) is 1. The van der Waals surface area contributed by atoms with Gasteiger partial charge in [0.05, 0.1) is 0 Å². The minimum Gasteiger partial charge on any atom is -0.279 e. The summed E-state index contributed by atoms with van der Waals surface area (Å²) in [7, 11) is -3.73. The summed E-state index contributed by atoms with van der Waals surface area (Å²) in [4.78, 5) is 4.59. The number of aryl methyl sites for hydroxylation is 1. The molecule has 2 heterocycles. The molecule has 110 valence electrons. The first-order chi connectivity index (χ1) is 9.97. The van der Waals surface area contributed by atoms with Crippen LogP contribution < -0.4 is 4.72 Å². The van der Waals surface area contributed by atoms with Gasteiger partial charge in [0.25, 0.3) is 10.0 Å². The van der Waals surface area contributed by atoms with Gasteiger partial charge < -0.3 is 0 Å². The molecule has 0 saturated heterocycles. The van der Waals surface area contributed by atoms with Gasteiger partial charge >= 0.3 is 0 Å². The number of halogens is 1. The van der Waals surface area contributed by atoms with Gasteiger partial charge in [-0.25, -0.2) is 18.1 Å². The predicted molar refractivity (Wildman–Crippen MR) is 83.3 cm³/mol. The van der Waals surface area contributed by atoms with Crippen molar-refractivity contribution in [3.05, 3.63) is 52.1 Å². The molecule has 0 amide bonds. The van der Waals surface area contributed by atoms with Gasteiger partial charge in [-0.2, -0.15) is 0 Å². The lowest BCUT2D eigenvalue weighted by Gasteiger charge is -2.07. The van der Waals surface area contributed by atoms with E-state index in [-0.39, 0.29) is 16.7 Å². The summed E-state index contributed by atoms with van der Waals surface area (Å²) < 4.78 is 28.9. The lowest BCUT2D eigenvalue weighted by molar-refractivity contribution is 0.576. The van der Waals surface area contributed by atoms with Gasteiger partial charge in [-0.15, -0.1) is 11.3 Å². The molecule has 3 aromatic rings. The van der Waals surface area contributed by atoms with E-state index in [9.17, 15) is 8.42 Å². The number of imidazole rings is 1. The van der Waals surface area contributed by atoms with Crippen LogP contribution in [0.5, 0.6) is 0 Å². The van der Waals surface area contributed by atoms with Gasteiger partial charge in [0.1, 0.15) is 0 Å². The Morgan fingerprint density at radius 2 is 2.24 bits per heavy atom. The molecule has 1 aromatic carbocycles. The molecular weight excluding hydrogens is 330 g/mol. The fourth-order valence-corrected chi connectivity index (χ4v) is 4.51. The SMILES string of the molecule is Cc1cccc(CNS(=O)(=O)c2c(Cl)nc3sccn23)c1. The molecule has 0 unspecified atom stereocenters. The van der Waals surface area contributed by atoms with Crippen molar-refractivity contribution in [2.75, 3.05) is 0 Å². The second-order valence-electron chi connectivity index (χ2n) is 4.58. The van der Waals surface area contributed by atoms with Crippen molar-refractivity contribution in [3.8, 4) is 0 Å². The minimum absolute atomic E-state index is 0.0152. The molecule has 2 aromatic heterocycles. The Bertz CT molecular complexity index is 899. The van der Waals surface area contributed by atoms with Gasteiger partial charge in [-0.05, 0) is 12.5 Å². The van der Waals surface area contributed by atoms with Crippen molar-refractivity contribution in [1.29, 1.82) is 0 Å². The van der Waals surface area contributed by atoms with Crippen molar-refractivity contribution >= 4 is 37.9 Å². The van der Waals surface area contributed by atoms with E-state index in [2.05, 4.69) is 9.71 Å². The lowest BCUT2D eigenvalue weighted by atomic mass is 10.1. The first-order valence-corrected chi connectivity index (χ1v) is 8.88. The Balaban J connectivity index is 1.90. The molecule has 0 atom stereocenters. The van der Waals surface area contributed by atoms with Gasteiger partial charge in [-0.3, -0.25) is 4.40 Å². The van der Waals surface area contributed by atoms with E-state index in [1.54, 1.807) is 11.6 Å². The maximum Gasteiger partial charge on any atom is 0.260 e. The minimum atomic E-state index is -3.73. The zero-order chi connectivity index (χ0) is 15.0. The number of fused-ring (bicyclic) bond motifs is 1. The van der Waals surface area contributed by atoms with Crippen LogP contribution in [0.25, 0.3) is 4.96 Å². The van der Waals surface area contributed by atoms with E-state index >= 15 is 0 Å². The first-order valence-electron chi connectivity index (χ1n) is 6.13. The Morgan fingerprint density at radius 3 is 3.00 bits per heavy atom. The highest BCUT2D eigenvalue weighted by molar-refractivity contribution is 7.89. The summed E-state index contributed by atoms with van der Waals surface area (Å²) >= 11 is 7.29. The highest BCUT2D eigenvalue weighted by atomic mass is 35.5. The number of sulfonamides is 1. The van der Waals surface area contributed by atoms with Crippen molar-refractivity contribution in [1.82, 2.24) is 14.1 Å². The Labute approximate surface area is 131 Å². The predicted octanol–water partition coefficient (Wildman–Crippen LogP) is 2.84. The lowest BCUT2D eigenvalue weighted by Crippen LogP contribution is -2.24. The molecule has 1 N–H and O–H groups in total. The smallest absolute Gasteiger partial charge is 0.260 e. The summed E-state index contributed by atoms with van der Waals surface area (Å²) in [6, 6.07) is 7.65. The third-order valence-corrected chi connectivity index (χ3v) is 5.54. The number of aromatic nitrogens is 2. The standard InChI is InChI=1S/C13H12ClN3O2S2/c1-9-3-2-4-10(7-9)8-15-21(18,19)12-11(14)16-13-17(12)5-6-20-13/h2-7,15H,8H2,1H3. The molecule has 0 aliphatic heterocycles. The summed E-state index contributed by atoms with van der Waals surface area (Å²) in [5, 5.41) is 1.73. The highest BCUT2D eigenvalue weighted by Gasteiger charge is 2.24. The summed E-state index contributed by atoms with van der Waals surface area (Å²) in [6.07, 6.45) is 1.64. The van der Waals surface area contributed by atoms with Crippen molar-refractivity contribution in [3.63, 3.8) is 0 Å². The van der Waals surface area contributed by atoms with Crippen molar-refractivity contribution in [2.24, 2.45) is 0 Å². The second kappa shape index (κ2) is 5.42. The fourth-order valence-electron chi connectivity index (χ4n) is 2.05. The van der Waals surface area contributed by atoms with Crippen LogP contribution in [-0.4, -0.2) is 17.8 Å². The highest BCUT2D eigenvalue weighted by Crippen LogP contribution is 2.25. The average molecular weight is 342 g/mol. The van der Waals surface area contributed by atoms with E-state index in [1.807, 2.05) is 31.2 Å². The second-order valence-corrected chi connectivity index (χ2v) is 7.49. The monoisotopic (exact) mass is 341 g/mol. The topological polar surface area (TPSA) is 63.5 Å².